The lowest BCUT2D eigenvalue weighted by atomic mass is 10.2. The van der Waals surface area contributed by atoms with Gasteiger partial charge in [-0.1, -0.05) is 84.4 Å². The molecule has 7 heteroatoms. The highest BCUT2D eigenvalue weighted by Crippen LogP contribution is 2.24. The number of unbranched alkanes of at least 4 members (excludes halogenated alkanes) is 4. The van der Waals surface area contributed by atoms with Crippen LogP contribution < -0.4 is 4.74 Å². The zero-order valence-electron chi connectivity index (χ0n) is 23.6. The summed E-state index contributed by atoms with van der Waals surface area (Å²) in [6, 6.07) is 15.3. The molecule has 4 aromatic rings. The first-order valence-electron chi connectivity index (χ1n) is 13.7. The number of benzene rings is 2. The quantitative estimate of drug-likeness (QED) is 0.213. The van der Waals surface area contributed by atoms with Gasteiger partial charge in [-0.2, -0.15) is 5.10 Å². The Kier molecular flexibility index (Phi) is 13.7. The van der Waals surface area contributed by atoms with Crippen LogP contribution >= 0.6 is 0 Å². The van der Waals surface area contributed by atoms with Crippen molar-refractivity contribution in [1.29, 1.82) is 0 Å². The molecule has 0 aliphatic carbocycles. The molecule has 0 bridgehead atoms. The Balaban J connectivity index is 0.000000435. The van der Waals surface area contributed by atoms with Gasteiger partial charge in [-0.3, -0.25) is 9.48 Å². The second-order valence-corrected chi connectivity index (χ2v) is 9.12. The highest BCUT2D eigenvalue weighted by atomic mass is 16.5. The van der Waals surface area contributed by atoms with Crippen LogP contribution in [0.4, 0.5) is 0 Å². The summed E-state index contributed by atoms with van der Waals surface area (Å²) in [5.74, 6) is 1.09. The highest BCUT2D eigenvalue weighted by Gasteiger charge is 2.12. The third-order valence-corrected chi connectivity index (χ3v) is 5.86. The van der Waals surface area contributed by atoms with E-state index in [4.69, 9.17) is 14.3 Å². The number of aromatic nitrogens is 3. The summed E-state index contributed by atoms with van der Waals surface area (Å²) in [4.78, 5) is 15.4. The van der Waals surface area contributed by atoms with Crippen LogP contribution in [-0.2, 0) is 17.9 Å². The molecule has 1 N–H and O–H groups in total. The van der Waals surface area contributed by atoms with Gasteiger partial charge in [-0.05, 0) is 31.2 Å². The van der Waals surface area contributed by atoms with Crippen molar-refractivity contribution in [2.24, 2.45) is 0 Å². The maximum absolute atomic E-state index is 10.8. The number of hydrogen-bond donors (Lipinski definition) is 1. The lowest BCUT2D eigenvalue weighted by Gasteiger charge is -2.06. The smallest absolute Gasteiger partial charge is 0.305 e. The monoisotopic (exact) mass is 521 g/mol. The molecule has 0 aliphatic heterocycles. The summed E-state index contributed by atoms with van der Waals surface area (Å²) < 4.78 is 13.3. The van der Waals surface area contributed by atoms with Crippen LogP contribution in [0.15, 0.2) is 59.1 Å². The number of aryl methyl sites for hydroxylation is 2. The first kappa shape index (κ1) is 30.6. The normalized spacial score (nSPS) is 10.3. The predicted molar refractivity (Wildman–Crippen MR) is 153 cm³/mol. The molecule has 206 valence electrons. The van der Waals surface area contributed by atoms with Crippen LogP contribution in [0, 0.1) is 6.92 Å². The maximum atomic E-state index is 10.8. The number of nitrogens with zero attached hydrogens (tertiary/aromatic N) is 3. The number of hydrogen-bond acceptors (Lipinski definition) is 5. The van der Waals surface area contributed by atoms with E-state index in [2.05, 4.69) is 37.8 Å². The van der Waals surface area contributed by atoms with Gasteiger partial charge in [-0.25, -0.2) is 4.98 Å². The summed E-state index contributed by atoms with van der Waals surface area (Å²) in [6.45, 7) is 11.3. The van der Waals surface area contributed by atoms with Gasteiger partial charge in [0.05, 0.1) is 24.7 Å². The van der Waals surface area contributed by atoms with Gasteiger partial charge >= 0.3 is 5.97 Å². The van der Waals surface area contributed by atoms with Crippen molar-refractivity contribution in [1.82, 2.24) is 14.8 Å². The number of rotatable bonds is 11. The van der Waals surface area contributed by atoms with E-state index in [0.717, 1.165) is 22.2 Å². The third-order valence-electron chi connectivity index (χ3n) is 5.86. The number of carboxylic acids is 1. The standard InChI is InChI=1S/C21H19N3O4.2C5H12/c1-14-18(23-21(28-14)15-5-3-2-4-6-15)13-27-17-8-7-16-12-22-24(19(16)11-17)10-9-20(25)26;2*1-3-5-4-2/h2-8,11-12H,9-10,13H2,1H3,(H,25,26);2*3-5H2,1-2H3. The van der Waals surface area contributed by atoms with E-state index in [1.165, 1.54) is 38.5 Å². The highest BCUT2D eigenvalue weighted by molar-refractivity contribution is 5.80. The fourth-order valence-corrected chi connectivity index (χ4v) is 3.64. The molecule has 0 amide bonds. The molecule has 4 rings (SSSR count). The molecular weight excluding hydrogens is 478 g/mol. The van der Waals surface area contributed by atoms with Gasteiger partial charge in [-0.15, -0.1) is 0 Å². The molecule has 0 unspecified atom stereocenters. The van der Waals surface area contributed by atoms with E-state index in [1.807, 2.05) is 55.5 Å². The molecule has 2 heterocycles. The average Bonchev–Trinajstić information content (AvgIpc) is 3.51. The van der Waals surface area contributed by atoms with Crippen molar-refractivity contribution in [3.8, 4) is 17.2 Å². The van der Waals surface area contributed by atoms with E-state index in [0.29, 0.717) is 23.9 Å². The Morgan fingerprint density at radius 2 is 1.63 bits per heavy atom. The molecule has 0 spiro atoms. The Morgan fingerprint density at radius 1 is 0.974 bits per heavy atom. The summed E-state index contributed by atoms with van der Waals surface area (Å²) in [6.07, 6.45) is 9.89. The summed E-state index contributed by atoms with van der Waals surface area (Å²) in [7, 11) is 0. The molecule has 0 saturated heterocycles. The van der Waals surface area contributed by atoms with E-state index in [-0.39, 0.29) is 13.0 Å². The molecular formula is C31H43N3O4. The van der Waals surface area contributed by atoms with E-state index in [9.17, 15) is 4.79 Å². The number of carboxylic acid groups (broad SMARTS) is 1. The van der Waals surface area contributed by atoms with Crippen molar-refractivity contribution in [2.75, 3.05) is 0 Å². The zero-order valence-corrected chi connectivity index (χ0v) is 23.6. The van der Waals surface area contributed by atoms with Crippen LogP contribution in [0.2, 0.25) is 0 Å². The van der Waals surface area contributed by atoms with Gasteiger partial charge in [0.25, 0.3) is 0 Å². The lowest BCUT2D eigenvalue weighted by molar-refractivity contribution is -0.137. The number of ether oxygens (including phenoxy) is 1. The Bertz CT molecular complexity index is 1200. The summed E-state index contributed by atoms with van der Waals surface area (Å²) >= 11 is 0. The molecule has 0 radical (unpaired) electrons. The zero-order chi connectivity index (χ0) is 27.8. The fraction of sp³-hybridized carbons (Fsp3) is 0.452. The minimum Gasteiger partial charge on any atom is -0.487 e. The van der Waals surface area contributed by atoms with Crippen molar-refractivity contribution >= 4 is 16.9 Å². The molecule has 2 aromatic carbocycles. The third kappa shape index (κ3) is 10.0. The molecule has 38 heavy (non-hydrogen) atoms. The van der Waals surface area contributed by atoms with E-state index >= 15 is 0 Å². The fourth-order valence-electron chi connectivity index (χ4n) is 3.64. The molecule has 0 atom stereocenters. The Labute approximate surface area is 226 Å². The van der Waals surface area contributed by atoms with Gasteiger partial charge in [0.2, 0.25) is 5.89 Å². The average molecular weight is 522 g/mol. The van der Waals surface area contributed by atoms with Crippen LogP contribution in [0.1, 0.15) is 84.1 Å². The van der Waals surface area contributed by atoms with Crippen LogP contribution in [0.3, 0.4) is 0 Å². The van der Waals surface area contributed by atoms with Gasteiger partial charge in [0.1, 0.15) is 23.8 Å². The molecule has 0 fully saturated rings. The first-order valence-corrected chi connectivity index (χ1v) is 13.7. The molecule has 2 aromatic heterocycles. The number of fused-ring (bicyclic) bond motifs is 1. The Hall–Kier alpha value is -3.61. The van der Waals surface area contributed by atoms with Crippen LogP contribution in [0.25, 0.3) is 22.4 Å². The maximum Gasteiger partial charge on any atom is 0.305 e. The second-order valence-electron chi connectivity index (χ2n) is 9.12. The van der Waals surface area contributed by atoms with E-state index < -0.39 is 5.97 Å². The molecule has 0 aliphatic rings. The second kappa shape index (κ2) is 17.0. The van der Waals surface area contributed by atoms with Gasteiger partial charge < -0.3 is 14.3 Å². The van der Waals surface area contributed by atoms with Crippen molar-refractivity contribution < 1.29 is 19.1 Å². The van der Waals surface area contributed by atoms with E-state index in [1.54, 1.807) is 10.9 Å². The van der Waals surface area contributed by atoms with Gasteiger partial charge in [0.15, 0.2) is 0 Å². The largest absolute Gasteiger partial charge is 0.487 e. The number of oxazole rings is 1. The summed E-state index contributed by atoms with van der Waals surface area (Å²) in [5, 5.41) is 14.1. The Morgan fingerprint density at radius 3 is 2.21 bits per heavy atom. The number of carbonyl (C=O) groups is 1. The minimum atomic E-state index is -0.855. The minimum absolute atomic E-state index is 0.0161. The number of aliphatic carboxylic acids is 1. The van der Waals surface area contributed by atoms with Crippen molar-refractivity contribution in [2.45, 2.75) is 92.7 Å². The topological polar surface area (TPSA) is 90.4 Å². The van der Waals surface area contributed by atoms with Crippen molar-refractivity contribution in [3.63, 3.8) is 0 Å². The molecule has 7 nitrogen and oxygen atoms in total. The lowest BCUT2D eigenvalue weighted by Crippen LogP contribution is -2.05. The first-order chi connectivity index (χ1) is 18.4. The predicted octanol–water partition coefficient (Wildman–Crippen LogP) is 8.45. The van der Waals surface area contributed by atoms with Crippen LogP contribution in [0.5, 0.6) is 5.75 Å². The van der Waals surface area contributed by atoms with Crippen molar-refractivity contribution in [3.05, 3.63) is 66.2 Å². The SMILES string of the molecule is CCCCC.CCCCC.Cc1oc(-c2ccccc2)nc1COc1ccc2cnn(CCC(=O)O)c2c1. The van der Waals surface area contributed by atoms with Crippen LogP contribution in [-0.4, -0.2) is 25.8 Å². The summed E-state index contributed by atoms with van der Waals surface area (Å²) in [5.41, 5.74) is 2.49. The van der Waals surface area contributed by atoms with Gasteiger partial charge in [0, 0.05) is 17.0 Å². The molecule has 0 saturated carbocycles.